The lowest BCUT2D eigenvalue weighted by Crippen LogP contribution is -2.23. The van der Waals surface area contributed by atoms with Crippen molar-refractivity contribution in [2.45, 2.75) is 26.3 Å². The average Bonchev–Trinajstić information content (AvgIpc) is 2.94. The Kier molecular flexibility index (Phi) is 3.96. The molecule has 1 heterocycles. The van der Waals surface area contributed by atoms with Crippen molar-refractivity contribution in [3.05, 3.63) is 71.2 Å². The molecule has 0 spiro atoms. The Hall–Kier alpha value is -1.80. The highest BCUT2D eigenvalue weighted by molar-refractivity contribution is 9.10. The summed E-state index contributed by atoms with van der Waals surface area (Å²) in [5.74, 6) is 0. The maximum atomic E-state index is 3.51. The van der Waals surface area contributed by atoms with Crippen molar-refractivity contribution >= 4 is 15.9 Å². The van der Waals surface area contributed by atoms with Crippen molar-refractivity contribution in [2.75, 3.05) is 0 Å². The quantitative estimate of drug-likeness (QED) is 0.506. The topological polar surface area (TPSA) is 4.93 Å². The van der Waals surface area contributed by atoms with E-state index in [1.165, 1.54) is 22.5 Å². The molecular weight excluding hydrogens is 334 g/mol. The standard InChI is InChI=1S/C20H20BrN/c1-20(2,3)22-18(15-7-5-4-6-8-15)13-14-19(22)16-9-11-17(21)12-10-16/h4-14H,1-3H3. The zero-order valence-electron chi connectivity index (χ0n) is 13.2. The lowest BCUT2D eigenvalue weighted by Gasteiger charge is -2.28. The van der Waals surface area contributed by atoms with Gasteiger partial charge in [0.1, 0.15) is 0 Å². The van der Waals surface area contributed by atoms with Crippen molar-refractivity contribution in [1.82, 2.24) is 4.57 Å². The molecule has 0 bridgehead atoms. The van der Waals surface area contributed by atoms with E-state index in [-0.39, 0.29) is 5.54 Å². The number of halogens is 1. The Morgan fingerprint density at radius 3 is 1.68 bits per heavy atom. The molecule has 2 aromatic carbocycles. The minimum Gasteiger partial charge on any atom is -0.335 e. The first-order valence-corrected chi connectivity index (χ1v) is 8.30. The van der Waals surface area contributed by atoms with E-state index in [0.717, 1.165) is 4.47 Å². The zero-order valence-corrected chi connectivity index (χ0v) is 14.8. The van der Waals surface area contributed by atoms with Crippen LogP contribution < -0.4 is 0 Å². The van der Waals surface area contributed by atoms with Gasteiger partial charge in [-0.3, -0.25) is 0 Å². The maximum absolute atomic E-state index is 3.51. The monoisotopic (exact) mass is 353 g/mol. The molecule has 0 N–H and O–H groups in total. The smallest absolute Gasteiger partial charge is 0.0490 e. The summed E-state index contributed by atoms with van der Waals surface area (Å²) < 4.78 is 3.53. The Labute approximate surface area is 140 Å². The van der Waals surface area contributed by atoms with Gasteiger partial charge in [0.25, 0.3) is 0 Å². The third kappa shape index (κ3) is 2.89. The van der Waals surface area contributed by atoms with Crippen molar-refractivity contribution < 1.29 is 0 Å². The largest absolute Gasteiger partial charge is 0.335 e. The van der Waals surface area contributed by atoms with E-state index in [0.29, 0.717) is 0 Å². The molecule has 2 heteroatoms. The molecule has 0 aliphatic rings. The van der Waals surface area contributed by atoms with Crippen molar-refractivity contribution in [3.8, 4) is 22.5 Å². The average molecular weight is 354 g/mol. The second-order valence-electron chi connectivity index (χ2n) is 6.48. The van der Waals surface area contributed by atoms with Crippen LogP contribution in [0.4, 0.5) is 0 Å². The van der Waals surface area contributed by atoms with Crippen LogP contribution in [0.5, 0.6) is 0 Å². The van der Waals surface area contributed by atoms with Crippen LogP contribution >= 0.6 is 15.9 Å². The minimum absolute atomic E-state index is 0.0110. The van der Waals surface area contributed by atoms with Gasteiger partial charge in [0, 0.05) is 21.4 Å². The Bertz CT molecular complexity index is 762. The normalized spacial score (nSPS) is 11.6. The van der Waals surface area contributed by atoms with E-state index in [9.17, 15) is 0 Å². The molecular formula is C20H20BrN. The van der Waals surface area contributed by atoms with E-state index in [1.54, 1.807) is 0 Å². The SMILES string of the molecule is CC(C)(C)n1c(-c2ccccc2)ccc1-c1ccc(Br)cc1. The number of aromatic nitrogens is 1. The summed E-state index contributed by atoms with van der Waals surface area (Å²) in [6.07, 6.45) is 0. The van der Waals surface area contributed by atoms with E-state index in [1.807, 2.05) is 0 Å². The number of hydrogen-bond acceptors (Lipinski definition) is 0. The third-order valence-corrected chi connectivity index (χ3v) is 4.29. The summed E-state index contributed by atoms with van der Waals surface area (Å²) in [5.41, 5.74) is 5.00. The molecule has 0 radical (unpaired) electrons. The fraction of sp³-hybridized carbons (Fsp3) is 0.200. The summed E-state index contributed by atoms with van der Waals surface area (Å²) in [6, 6.07) is 23.5. The molecule has 0 amide bonds. The predicted octanol–water partition coefficient (Wildman–Crippen LogP) is 6.34. The van der Waals surface area contributed by atoms with Gasteiger partial charge in [-0.25, -0.2) is 0 Å². The van der Waals surface area contributed by atoms with E-state index >= 15 is 0 Å². The summed E-state index contributed by atoms with van der Waals surface area (Å²) >= 11 is 3.51. The van der Waals surface area contributed by atoms with Crippen molar-refractivity contribution in [2.24, 2.45) is 0 Å². The fourth-order valence-corrected chi connectivity index (χ4v) is 3.10. The number of hydrogen-bond donors (Lipinski definition) is 0. The molecule has 0 saturated carbocycles. The Morgan fingerprint density at radius 1 is 0.682 bits per heavy atom. The minimum atomic E-state index is 0.0110. The summed E-state index contributed by atoms with van der Waals surface area (Å²) in [4.78, 5) is 0. The highest BCUT2D eigenvalue weighted by Crippen LogP contribution is 2.34. The van der Waals surface area contributed by atoms with Gasteiger partial charge in [-0.05, 0) is 56.2 Å². The van der Waals surface area contributed by atoms with Crippen molar-refractivity contribution in [3.63, 3.8) is 0 Å². The first-order valence-electron chi connectivity index (χ1n) is 7.50. The van der Waals surface area contributed by atoms with Crippen LogP contribution in [0.3, 0.4) is 0 Å². The molecule has 0 fully saturated rings. The van der Waals surface area contributed by atoms with Gasteiger partial charge in [0.05, 0.1) is 0 Å². The summed E-state index contributed by atoms with van der Waals surface area (Å²) in [6.45, 7) is 6.76. The van der Waals surface area contributed by atoms with Gasteiger partial charge < -0.3 is 4.57 Å². The van der Waals surface area contributed by atoms with Crippen LogP contribution in [0.1, 0.15) is 20.8 Å². The lowest BCUT2D eigenvalue weighted by atomic mass is 10.0. The second kappa shape index (κ2) is 5.77. The number of nitrogens with zero attached hydrogens (tertiary/aromatic N) is 1. The molecule has 0 saturated heterocycles. The molecule has 3 aromatic rings. The van der Waals surface area contributed by atoms with Crippen LogP contribution in [0.15, 0.2) is 71.2 Å². The second-order valence-corrected chi connectivity index (χ2v) is 7.40. The van der Waals surface area contributed by atoms with Crippen molar-refractivity contribution in [1.29, 1.82) is 0 Å². The molecule has 0 aliphatic carbocycles. The van der Waals surface area contributed by atoms with Crippen LogP contribution in [-0.2, 0) is 5.54 Å². The van der Waals surface area contributed by atoms with Gasteiger partial charge in [-0.1, -0.05) is 58.4 Å². The van der Waals surface area contributed by atoms with E-state index in [4.69, 9.17) is 0 Å². The summed E-state index contributed by atoms with van der Waals surface area (Å²) in [5, 5.41) is 0. The summed E-state index contributed by atoms with van der Waals surface area (Å²) in [7, 11) is 0. The molecule has 0 aliphatic heterocycles. The van der Waals surface area contributed by atoms with Gasteiger partial charge in [-0.15, -0.1) is 0 Å². The van der Waals surface area contributed by atoms with Gasteiger partial charge in [0.15, 0.2) is 0 Å². The van der Waals surface area contributed by atoms with Gasteiger partial charge in [0.2, 0.25) is 0 Å². The third-order valence-electron chi connectivity index (χ3n) is 3.76. The molecule has 1 aromatic heterocycles. The van der Waals surface area contributed by atoms with E-state index < -0.39 is 0 Å². The molecule has 0 atom stereocenters. The Morgan fingerprint density at radius 2 is 1.18 bits per heavy atom. The predicted molar refractivity (Wildman–Crippen MR) is 98.0 cm³/mol. The zero-order chi connectivity index (χ0) is 15.7. The first kappa shape index (κ1) is 15.1. The highest BCUT2D eigenvalue weighted by atomic mass is 79.9. The van der Waals surface area contributed by atoms with Crippen LogP contribution in [0.2, 0.25) is 0 Å². The van der Waals surface area contributed by atoms with Gasteiger partial charge >= 0.3 is 0 Å². The van der Waals surface area contributed by atoms with Crippen LogP contribution in [0.25, 0.3) is 22.5 Å². The van der Waals surface area contributed by atoms with Crippen LogP contribution in [-0.4, -0.2) is 4.57 Å². The fourth-order valence-electron chi connectivity index (χ4n) is 2.84. The highest BCUT2D eigenvalue weighted by Gasteiger charge is 2.21. The number of benzene rings is 2. The van der Waals surface area contributed by atoms with Crippen LogP contribution in [0, 0.1) is 0 Å². The van der Waals surface area contributed by atoms with E-state index in [2.05, 4.69) is 108 Å². The molecule has 3 rings (SSSR count). The van der Waals surface area contributed by atoms with Gasteiger partial charge in [-0.2, -0.15) is 0 Å². The maximum Gasteiger partial charge on any atom is 0.0490 e. The molecule has 112 valence electrons. The molecule has 0 unspecified atom stereocenters. The number of rotatable bonds is 2. The Balaban J connectivity index is 2.20. The molecule has 22 heavy (non-hydrogen) atoms. The molecule has 1 nitrogen and oxygen atoms in total. The first-order chi connectivity index (χ1) is 10.5. The lowest BCUT2D eigenvalue weighted by molar-refractivity contribution is 0.407.